The number of aryl methyl sites for hydroxylation is 1. The van der Waals surface area contributed by atoms with Gasteiger partial charge in [-0.1, -0.05) is 29.8 Å². The molecule has 3 nitrogen and oxygen atoms in total. The van der Waals surface area contributed by atoms with E-state index in [4.69, 9.17) is 0 Å². The Balaban J connectivity index is 2.51. The maximum absolute atomic E-state index is 11.4. The molecule has 3 heteroatoms. The highest BCUT2D eigenvalue weighted by Crippen LogP contribution is 2.03. The second-order valence-electron chi connectivity index (χ2n) is 3.57. The smallest absolute Gasteiger partial charge is 0.225 e. The predicted molar refractivity (Wildman–Crippen MR) is 58.2 cm³/mol. The highest BCUT2D eigenvalue weighted by atomic mass is 16.2. The van der Waals surface area contributed by atoms with Crippen LogP contribution in [-0.4, -0.2) is 18.2 Å². The molecule has 0 heterocycles. The summed E-state index contributed by atoms with van der Waals surface area (Å²) in [5, 5.41) is 2.53. The molecule has 1 amide bonds. The van der Waals surface area contributed by atoms with E-state index < -0.39 is 6.04 Å². The van der Waals surface area contributed by atoms with Crippen LogP contribution in [0.2, 0.25) is 0 Å². The van der Waals surface area contributed by atoms with Gasteiger partial charge in [0.25, 0.3) is 0 Å². The van der Waals surface area contributed by atoms with Crippen molar-refractivity contribution in [3.8, 4) is 0 Å². The molecule has 0 bridgehead atoms. The van der Waals surface area contributed by atoms with Gasteiger partial charge in [-0.05, 0) is 19.4 Å². The molecule has 0 saturated heterocycles. The minimum Gasteiger partial charge on any atom is -0.346 e. The van der Waals surface area contributed by atoms with Crippen molar-refractivity contribution in [1.29, 1.82) is 0 Å². The van der Waals surface area contributed by atoms with Crippen molar-refractivity contribution in [1.82, 2.24) is 5.32 Å². The number of nitrogens with one attached hydrogen (secondary N) is 1. The van der Waals surface area contributed by atoms with Crippen molar-refractivity contribution in [2.75, 3.05) is 0 Å². The highest BCUT2D eigenvalue weighted by Gasteiger charge is 2.07. The number of hydrogen-bond donors (Lipinski definition) is 1. The Morgan fingerprint density at radius 1 is 1.40 bits per heavy atom. The quantitative estimate of drug-likeness (QED) is 0.799. The summed E-state index contributed by atoms with van der Waals surface area (Å²) in [5.74, 6) is -0.158. The first-order valence-electron chi connectivity index (χ1n) is 4.84. The molecule has 1 radical (unpaired) electrons. The van der Waals surface area contributed by atoms with Crippen LogP contribution < -0.4 is 5.32 Å². The summed E-state index contributed by atoms with van der Waals surface area (Å²) in [6.45, 7) is 3.59. The van der Waals surface area contributed by atoms with Gasteiger partial charge in [-0.3, -0.25) is 9.59 Å². The van der Waals surface area contributed by atoms with Gasteiger partial charge in [0.1, 0.15) is 0 Å². The van der Waals surface area contributed by atoms with Gasteiger partial charge in [-0.2, -0.15) is 0 Å². The molecule has 0 saturated carbocycles. The first-order valence-corrected chi connectivity index (χ1v) is 4.84. The van der Waals surface area contributed by atoms with Crippen molar-refractivity contribution >= 4 is 12.2 Å². The van der Waals surface area contributed by atoms with Crippen LogP contribution in [0.1, 0.15) is 18.1 Å². The molecular formula is C12H14NO2. The summed E-state index contributed by atoms with van der Waals surface area (Å²) in [6.07, 6.45) is 2.01. The standard InChI is InChI=1S/C12H14NO2/c1-9-3-5-11(6-4-9)7-12(15)13-10(2)8-14/h3-6,10H,7H2,1-2H3,(H,13,15)/t10-/m0/s1. The summed E-state index contributed by atoms with van der Waals surface area (Å²) in [4.78, 5) is 21.6. The Labute approximate surface area is 89.5 Å². The average molecular weight is 204 g/mol. The van der Waals surface area contributed by atoms with Crippen molar-refractivity contribution in [3.05, 3.63) is 35.4 Å². The maximum Gasteiger partial charge on any atom is 0.225 e. The van der Waals surface area contributed by atoms with Crippen LogP contribution in [0.4, 0.5) is 0 Å². The minimum atomic E-state index is -0.539. The third kappa shape index (κ3) is 3.94. The van der Waals surface area contributed by atoms with Crippen molar-refractivity contribution in [2.45, 2.75) is 26.3 Å². The van der Waals surface area contributed by atoms with Gasteiger partial charge in [0, 0.05) is 0 Å². The second kappa shape index (κ2) is 5.29. The van der Waals surface area contributed by atoms with Crippen LogP contribution in [0.15, 0.2) is 24.3 Å². The van der Waals surface area contributed by atoms with Crippen LogP contribution >= 0.6 is 0 Å². The fourth-order valence-electron chi connectivity index (χ4n) is 1.21. The summed E-state index contributed by atoms with van der Waals surface area (Å²) >= 11 is 0. The monoisotopic (exact) mass is 204 g/mol. The van der Waals surface area contributed by atoms with Crippen molar-refractivity contribution in [3.63, 3.8) is 0 Å². The minimum absolute atomic E-state index is 0.158. The molecule has 1 N–H and O–H groups in total. The summed E-state index contributed by atoms with van der Waals surface area (Å²) in [5.41, 5.74) is 2.10. The lowest BCUT2D eigenvalue weighted by atomic mass is 10.1. The average Bonchev–Trinajstić information content (AvgIpc) is 2.21. The van der Waals surface area contributed by atoms with E-state index in [1.54, 1.807) is 13.2 Å². The van der Waals surface area contributed by atoms with E-state index in [9.17, 15) is 9.59 Å². The van der Waals surface area contributed by atoms with Gasteiger partial charge in [0.2, 0.25) is 12.2 Å². The van der Waals surface area contributed by atoms with E-state index in [1.807, 2.05) is 31.2 Å². The SMILES string of the molecule is Cc1ccc(CC(=O)N[C@@H](C)[C]=O)cc1. The number of rotatable bonds is 4. The third-order valence-corrected chi connectivity index (χ3v) is 2.04. The van der Waals surface area contributed by atoms with Crippen molar-refractivity contribution < 1.29 is 9.59 Å². The lowest BCUT2D eigenvalue weighted by molar-refractivity contribution is -0.120. The number of amides is 1. The topological polar surface area (TPSA) is 46.2 Å². The van der Waals surface area contributed by atoms with Crippen LogP contribution in [-0.2, 0) is 16.0 Å². The number of carbonyl (C=O) groups is 1. The molecule has 1 aromatic rings. The molecule has 0 aromatic heterocycles. The molecule has 0 spiro atoms. The zero-order valence-electron chi connectivity index (χ0n) is 8.91. The Hall–Kier alpha value is -1.64. The van der Waals surface area contributed by atoms with Crippen LogP contribution in [0.3, 0.4) is 0 Å². The molecule has 1 aromatic carbocycles. The number of benzene rings is 1. The molecule has 15 heavy (non-hydrogen) atoms. The van der Waals surface area contributed by atoms with Gasteiger partial charge in [0.15, 0.2) is 0 Å². The Morgan fingerprint density at radius 3 is 2.53 bits per heavy atom. The lowest BCUT2D eigenvalue weighted by Gasteiger charge is -2.06. The van der Waals surface area contributed by atoms with E-state index >= 15 is 0 Å². The molecular weight excluding hydrogens is 190 g/mol. The summed E-state index contributed by atoms with van der Waals surface area (Å²) in [7, 11) is 0. The Kier molecular flexibility index (Phi) is 4.03. The maximum atomic E-state index is 11.4. The van der Waals surface area contributed by atoms with Crippen LogP contribution in [0.5, 0.6) is 0 Å². The second-order valence-corrected chi connectivity index (χ2v) is 3.57. The molecule has 0 unspecified atom stereocenters. The fraction of sp³-hybridized carbons (Fsp3) is 0.333. The highest BCUT2D eigenvalue weighted by molar-refractivity contribution is 5.81. The molecule has 1 atom stereocenters. The van der Waals surface area contributed by atoms with Crippen molar-refractivity contribution in [2.24, 2.45) is 0 Å². The zero-order chi connectivity index (χ0) is 11.3. The van der Waals surface area contributed by atoms with Gasteiger partial charge >= 0.3 is 0 Å². The molecule has 0 aliphatic rings. The summed E-state index contributed by atoms with van der Waals surface area (Å²) in [6, 6.07) is 7.19. The summed E-state index contributed by atoms with van der Waals surface area (Å²) < 4.78 is 0. The lowest BCUT2D eigenvalue weighted by Crippen LogP contribution is -2.34. The van der Waals surface area contributed by atoms with E-state index in [-0.39, 0.29) is 5.91 Å². The zero-order valence-corrected chi connectivity index (χ0v) is 8.91. The van der Waals surface area contributed by atoms with Gasteiger partial charge in [-0.15, -0.1) is 0 Å². The first kappa shape index (κ1) is 11.4. The van der Waals surface area contributed by atoms with E-state index in [2.05, 4.69) is 5.32 Å². The largest absolute Gasteiger partial charge is 0.346 e. The van der Waals surface area contributed by atoms with E-state index in [1.165, 1.54) is 0 Å². The number of hydrogen-bond acceptors (Lipinski definition) is 2. The molecule has 0 fully saturated rings. The van der Waals surface area contributed by atoms with Gasteiger partial charge in [0.05, 0.1) is 12.5 Å². The van der Waals surface area contributed by atoms with Gasteiger partial charge < -0.3 is 5.32 Å². The molecule has 0 aliphatic heterocycles. The Bertz CT molecular complexity index is 343. The van der Waals surface area contributed by atoms with Crippen LogP contribution in [0, 0.1) is 6.92 Å². The molecule has 1 rings (SSSR count). The number of carbonyl (C=O) groups excluding carboxylic acids is 2. The first-order chi connectivity index (χ1) is 7.11. The Morgan fingerprint density at radius 2 is 2.00 bits per heavy atom. The van der Waals surface area contributed by atoms with Gasteiger partial charge in [-0.25, -0.2) is 0 Å². The van der Waals surface area contributed by atoms with Crippen LogP contribution in [0.25, 0.3) is 0 Å². The predicted octanol–water partition coefficient (Wildman–Crippen LogP) is 1.15. The fourth-order valence-corrected chi connectivity index (χ4v) is 1.21. The van der Waals surface area contributed by atoms with E-state index in [0.29, 0.717) is 6.42 Å². The molecule has 79 valence electrons. The normalized spacial score (nSPS) is 11.9. The molecule has 0 aliphatic carbocycles. The van der Waals surface area contributed by atoms with E-state index in [0.717, 1.165) is 11.1 Å². The third-order valence-electron chi connectivity index (χ3n) is 2.04.